The zero-order valence-electron chi connectivity index (χ0n) is 9.16. The van der Waals surface area contributed by atoms with Gasteiger partial charge >= 0.3 is 0 Å². The van der Waals surface area contributed by atoms with Gasteiger partial charge in [-0.25, -0.2) is 0 Å². The van der Waals surface area contributed by atoms with Crippen molar-refractivity contribution in [1.29, 1.82) is 0 Å². The molecule has 6 heteroatoms. The van der Waals surface area contributed by atoms with Crippen LogP contribution < -0.4 is 5.73 Å². The lowest BCUT2D eigenvalue weighted by Gasteiger charge is -2.10. The van der Waals surface area contributed by atoms with Gasteiger partial charge in [0.1, 0.15) is 0 Å². The van der Waals surface area contributed by atoms with Crippen LogP contribution in [0.5, 0.6) is 0 Å². The second-order valence-corrected chi connectivity index (χ2v) is 4.57. The molecule has 1 atom stereocenters. The van der Waals surface area contributed by atoms with Crippen molar-refractivity contribution < 1.29 is 0 Å². The van der Waals surface area contributed by atoms with E-state index in [0.29, 0.717) is 5.92 Å². The van der Waals surface area contributed by atoms with Gasteiger partial charge in [-0.2, -0.15) is 0 Å². The largest absolute Gasteiger partial charge is 0.318 e. The Balaban J connectivity index is 2.34. The molecule has 84 valence electrons. The molecule has 16 heavy (non-hydrogen) atoms. The summed E-state index contributed by atoms with van der Waals surface area (Å²) >= 11 is 1.33. The second-order valence-electron chi connectivity index (χ2n) is 3.79. The predicted molar refractivity (Wildman–Crippen MR) is 62.1 cm³/mol. The zero-order chi connectivity index (χ0) is 11.5. The average Bonchev–Trinajstić information content (AvgIpc) is 2.78. The summed E-state index contributed by atoms with van der Waals surface area (Å²) in [6.45, 7) is 4.15. The molecule has 2 heterocycles. The van der Waals surface area contributed by atoms with E-state index in [1.54, 1.807) is 18.6 Å². The monoisotopic (exact) mass is 235 g/mol. The number of hydrogen-bond acceptors (Lipinski definition) is 6. The molecule has 5 nitrogen and oxygen atoms in total. The fraction of sp³-hybridized carbons (Fsp3) is 0.400. The summed E-state index contributed by atoms with van der Waals surface area (Å²) in [5.41, 5.74) is 7.82. The molecule has 0 radical (unpaired) electrons. The molecule has 2 aromatic rings. The van der Waals surface area contributed by atoms with Crippen molar-refractivity contribution in [1.82, 2.24) is 19.6 Å². The Morgan fingerprint density at radius 3 is 2.75 bits per heavy atom. The number of nitrogens with two attached hydrogens (primary N) is 1. The van der Waals surface area contributed by atoms with E-state index >= 15 is 0 Å². The van der Waals surface area contributed by atoms with E-state index in [1.807, 2.05) is 0 Å². The van der Waals surface area contributed by atoms with E-state index in [0.717, 1.165) is 16.3 Å². The van der Waals surface area contributed by atoms with Crippen LogP contribution in [0.4, 0.5) is 0 Å². The minimum Gasteiger partial charge on any atom is -0.318 e. The van der Waals surface area contributed by atoms with Crippen molar-refractivity contribution in [2.24, 2.45) is 5.73 Å². The molecule has 1 unspecified atom stereocenters. The van der Waals surface area contributed by atoms with Crippen LogP contribution in [-0.4, -0.2) is 19.6 Å². The van der Waals surface area contributed by atoms with Gasteiger partial charge < -0.3 is 5.73 Å². The third kappa shape index (κ3) is 2.07. The smallest absolute Gasteiger partial charge is 0.0871 e. The van der Waals surface area contributed by atoms with Gasteiger partial charge in [-0.1, -0.05) is 18.3 Å². The summed E-state index contributed by atoms with van der Waals surface area (Å²) < 4.78 is 3.95. The predicted octanol–water partition coefficient (Wildman–Crippen LogP) is 1.50. The summed E-state index contributed by atoms with van der Waals surface area (Å²) in [4.78, 5) is 9.18. The van der Waals surface area contributed by atoms with E-state index in [1.165, 1.54) is 11.5 Å². The number of aromatic nitrogens is 4. The van der Waals surface area contributed by atoms with Crippen LogP contribution in [-0.2, 0) is 0 Å². The van der Waals surface area contributed by atoms with Gasteiger partial charge in [-0.3, -0.25) is 9.97 Å². The molecule has 0 spiro atoms. The lowest BCUT2D eigenvalue weighted by molar-refractivity contribution is 0.757. The van der Waals surface area contributed by atoms with Crippen molar-refractivity contribution in [3.63, 3.8) is 0 Å². The SMILES string of the molecule is CC(C)c1nnsc1C(N)c1cnccn1. The first-order chi connectivity index (χ1) is 7.70. The maximum atomic E-state index is 6.13. The third-order valence-corrected chi connectivity index (χ3v) is 3.09. The van der Waals surface area contributed by atoms with Crippen molar-refractivity contribution in [2.75, 3.05) is 0 Å². The first kappa shape index (κ1) is 11.1. The first-order valence-electron chi connectivity index (χ1n) is 5.03. The van der Waals surface area contributed by atoms with Gasteiger partial charge in [0.15, 0.2) is 0 Å². The van der Waals surface area contributed by atoms with E-state index < -0.39 is 0 Å². The van der Waals surface area contributed by atoms with Crippen molar-refractivity contribution in [3.8, 4) is 0 Å². The summed E-state index contributed by atoms with van der Waals surface area (Å²) in [5.74, 6) is 0.316. The Hall–Kier alpha value is -1.40. The number of hydrogen-bond donors (Lipinski definition) is 1. The normalized spacial score (nSPS) is 13.0. The Bertz CT molecular complexity index is 453. The van der Waals surface area contributed by atoms with Crippen LogP contribution >= 0.6 is 11.5 Å². The molecule has 2 N–H and O–H groups in total. The quantitative estimate of drug-likeness (QED) is 0.872. The molecule has 0 saturated heterocycles. The van der Waals surface area contributed by atoms with E-state index in [9.17, 15) is 0 Å². The molecule has 0 aliphatic rings. The lowest BCUT2D eigenvalue weighted by atomic mass is 10.1. The molecular weight excluding hydrogens is 222 g/mol. The fourth-order valence-electron chi connectivity index (χ4n) is 1.43. The Labute approximate surface area is 97.9 Å². The van der Waals surface area contributed by atoms with Gasteiger partial charge in [0, 0.05) is 12.4 Å². The molecule has 0 aliphatic carbocycles. The Morgan fingerprint density at radius 2 is 2.12 bits per heavy atom. The standard InChI is InChI=1S/C10H13N5S/c1-6(2)9-10(16-15-14-9)8(11)7-5-12-3-4-13-7/h3-6,8H,11H2,1-2H3. The van der Waals surface area contributed by atoms with Crippen LogP contribution in [0.25, 0.3) is 0 Å². The molecule has 0 amide bonds. The van der Waals surface area contributed by atoms with Crippen LogP contribution in [0.15, 0.2) is 18.6 Å². The van der Waals surface area contributed by atoms with Crippen LogP contribution in [0.3, 0.4) is 0 Å². The first-order valence-corrected chi connectivity index (χ1v) is 5.81. The highest BCUT2D eigenvalue weighted by Gasteiger charge is 2.20. The van der Waals surface area contributed by atoms with Crippen LogP contribution in [0.2, 0.25) is 0 Å². The van der Waals surface area contributed by atoms with Crippen LogP contribution in [0, 0.1) is 0 Å². The summed E-state index contributed by atoms with van der Waals surface area (Å²) in [7, 11) is 0. The van der Waals surface area contributed by atoms with E-state index in [4.69, 9.17) is 5.73 Å². The molecule has 0 aromatic carbocycles. The molecule has 0 bridgehead atoms. The number of nitrogens with zero attached hydrogens (tertiary/aromatic N) is 4. The lowest BCUT2D eigenvalue weighted by Crippen LogP contribution is -2.14. The topological polar surface area (TPSA) is 77.6 Å². The average molecular weight is 235 g/mol. The summed E-state index contributed by atoms with van der Waals surface area (Å²) in [5, 5.41) is 4.10. The van der Waals surface area contributed by atoms with Gasteiger partial charge in [-0.15, -0.1) is 5.10 Å². The van der Waals surface area contributed by atoms with Crippen molar-refractivity contribution in [3.05, 3.63) is 34.9 Å². The Morgan fingerprint density at radius 1 is 1.31 bits per heavy atom. The van der Waals surface area contributed by atoms with Crippen LogP contribution in [0.1, 0.15) is 42.1 Å². The van der Waals surface area contributed by atoms with Gasteiger partial charge in [0.05, 0.1) is 28.5 Å². The summed E-state index contributed by atoms with van der Waals surface area (Å²) in [6.07, 6.45) is 4.94. The maximum absolute atomic E-state index is 6.13. The molecule has 0 saturated carbocycles. The van der Waals surface area contributed by atoms with E-state index in [2.05, 4.69) is 33.4 Å². The molecule has 2 rings (SSSR count). The molecular formula is C10H13N5S. The van der Waals surface area contributed by atoms with E-state index in [-0.39, 0.29) is 6.04 Å². The fourth-order valence-corrected chi connectivity index (χ4v) is 2.25. The maximum Gasteiger partial charge on any atom is 0.0871 e. The van der Waals surface area contributed by atoms with Gasteiger partial charge in [-0.05, 0) is 17.5 Å². The third-order valence-electron chi connectivity index (χ3n) is 2.27. The molecule has 2 aromatic heterocycles. The molecule has 0 fully saturated rings. The van der Waals surface area contributed by atoms with Gasteiger partial charge in [0.2, 0.25) is 0 Å². The zero-order valence-corrected chi connectivity index (χ0v) is 9.98. The van der Waals surface area contributed by atoms with Crippen molar-refractivity contribution >= 4 is 11.5 Å². The highest BCUT2D eigenvalue weighted by Crippen LogP contribution is 2.27. The Kier molecular flexibility index (Phi) is 3.21. The number of rotatable bonds is 3. The molecule has 0 aliphatic heterocycles. The van der Waals surface area contributed by atoms with Gasteiger partial charge in [0.25, 0.3) is 0 Å². The summed E-state index contributed by atoms with van der Waals surface area (Å²) in [6, 6.07) is -0.286. The minimum atomic E-state index is -0.286. The second kappa shape index (κ2) is 4.63. The minimum absolute atomic E-state index is 0.286. The highest BCUT2D eigenvalue weighted by molar-refractivity contribution is 7.05. The van der Waals surface area contributed by atoms with Crippen molar-refractivity contribution in [2.45, 2.75) is 25.8 Å². The highest BCUT2D eigenvalue weighted by atomic mass is 32.1.